The molecule has 108 valence electrons. The molecule has 0 saturated carbocycles. The molecule has 3 rings (SSSR count). The van der Waals surface area contributed by atoms with Gasteiger partial charge in [-0.2, -0.15) is 11.8 Å². The highest BCUT2D eigenvalue weighted by molar-refractivity contribution is 7.99. The van der Waals surface area contributed by atoms with Crippen molar-refractivity contribution in [2.45, 2.75) is 18.9 Å². The summed E-state index contributed by atoms with van der Waals surface area (Å²) in [5, 5.41) is 0.629. The summed E-state index contributed by atoms with van der Waals surface area (Å²) < 4.78 is 0. The maximum absolute atomic E-state index is 12.7. The van der Waals surface area contributed by atoms with Crippen LogP contribution in [0.15, 0.2) is 18.3 Å². The van der Waals surface area contributed by atoms with E-state index in [1.165, 1.54) is 0 Å². The van der Waals surface area contributed by atoms with Crippen molar-refractivity contribution in [1.29, 1.82) is 0 Å². The molecule has 0 radical (unpaired) electrons. The van der Waals surface area contributed by atoms with Crippen molar-refractivity contribution in [2.24, 2.45) is 0 Å². The highest BCUT2D eigenvalue weighted by Gasteiger charge is 2.34. The Kier molecular flexibility index (Phi) is 4.36. The SMILES string of the molecule is O=C([C@@H]1CCCN1c1ccc(Cl)cn1)N1CCSCC1. The van der Waals surface area contributed by atoms with Crippen molar-refractivity contribution >= 4 is 35.1 Å². The van der Waals surface area contributed by atoms with Gasteiger partial charge < -0.3 is 9.80 Å². The van der Waals surface area contributed by atoms with Gasteiger partial charge >= 0.3 is 0 Å². The molecule has 1 atom stereocenters. The molecule has 1 aromatic rings. The van der Waals surface area contributed by atoms with Crippen molar-refractivity contribution in [3.8, 4) is 0 Å². The monoisotopic (exact) mass is 311 g/mol. The molecule has 0 spiro atoms. The number of pyridine rings is 1. The Morgan fingerprint density at radius 2 is 2.10 bits per heavy atom. The van der Waals surface area contributed by atoms with Crippen LogP contribution in [0, 0.1) is 0 Å². The molecule has 6 heteroatoms. The molecule has 2 saturated heterocycles. The minimum Gasteiger partial charge on any atom is -0.345 e. The third kappa shape index (κ3) is 2.88. The number of nitrogens with zero attached hydrogens (tertiary/aromatic N) is 3. The summed E-state index contributed by atoms with van der Waals surface area (Å²) in [5.74, 6) is 3.23. The van der Waals surface area contributed by atoms with Crippen LogP contribution in [0.2, 0.25) is 5.02 Å². The van der Waals surface area contributed by atoms with Crippen LogP contribution < -0.4 is 4.90 Å². The summed E-state index contributed by atoms with van der Waals surface area (Å²) in [4.78, 5) is 21.2. The van der Waals surface area contributed by atoms with E-state index in [-0.39, 0.29) is 11.9 Å². The number of hydrogen-bond acceptors (Lipinski definition) is 4. The van der Waals surface area contributed by atoms with E-state index in [1.54, 1.807) is 6.20 Å². The third-order valence-corrected chi connectivity index (χ3v) is 5.03. The number of hydrogen-bond donors (Lipinski definition) is 0. The number of amides is 1. The molecule has 0 unspecified atom stereocenters. The number of rotatable bonds is 2. The highest BCUT2D eigenvalue weighted by atomic mass is 35.5. The first kappa shape index (κ1) is 14.0. The van der Waals surface area contributed by atoms with E-state index >= 15 is 0 Å². The number of carbonyl (C=O) groups excluding carboxylic acids is 1. The van der Waals surface area contributed by atoms with Gasteiger partial charge in [-0.25, -0.2) is 4.98 Å². The zero-order valence-electron chi connectivity index (χ0n) is 11.3. The molecule has 1 amide bonds. The molecule has 2 aliphatic heterocycles. The Labute approximate surface area is 128 Å². The van der Waals surface area contributed by atoms with Gasteiger partial charge in [0, 0.05) is 37.3 Å². The average Bonchev–Trinajstić information content (AvgIpc) is 2.97. The van der Waals surface area contributed by atoms with Crippen molar-refractivity contribution in [3.63, 3.8) is 0 Å². The minimum absolute atomic E-state index is 0.0493. The van der Waals surface area contributed by atoms with Crippen LogP contribution in [0.25, 0.3) is 0 Å². The molecule has 2 aliphatic rings. The second-order valence-electron chi connectivity index (χ2n) is 5.12. The molecule has 0 aromatic carbocycles. The molecule has 20 heavy (non-hydrogen) atoms. The van der Waals surface area contributed by atoms with Crippen LogP contribution in [-0.2, 0) is 4.79 Å². The van der Waals surface area contributed by atoms with Crippen LogP contribution in [0.3, 0.4) is 0 Å². The smallest absolute Gasteiger partial charge is 0.245 e. The van der Waals surface area contributed by atoms with E-state index in [1.807, 2.05) is 28.8 Å². The van der Waals surface area contributed by atoms with E-state index in [9.17, 15) is 4.79 Å². The molecule has 2 fully saturated rings. The Bertz CT molecular complexity index is 476. The van der Waals surface area contributed by atoms with Crippen LogP contribution in [0.5, 0.6) is 0 Å². The standard InChI is InChI=1S/C14H18ClN3OS/c15-11-3-4-13(16-10-11)18-5-1-2-12(18)14(19)17-6-8-20-9-7-17/h3-4,10,12H,1-2,5-9H2/t12-/m0/s1. The fraction of sp³-hybridized carbons (Fsp3) is 0.571. The Balaban J connectivity index is 1.74. The number of anilines is 1. The minimum atomic E-state index is -0.0493. The Hall–Kier alpha value is -0.940. The predicted molar refractivity (Wildman–Crippen MR) is 83.5 cm³/mol. The van der Waals surface area contributed by atoms with Crippen molar-refractivity contribution in [1.82, 2.24) is 9.88 Å². The second-order valence-corrected chi connectivity index (χ2v) is 6.78. The highest BCUT2D eigenvalue weighted by Crippen LogP contribution is 2.26. The summed E-state index contributed by atoms with van der Waals surface area (Å²) >= 11 is 7.80. The first-order valence-corrected chi connectivity index (χ1v) is 8.54. The van der Waals surface area contributed by atoms with E-state index in [4.69, 9.17) is 11.6 Å². The zero-order chi connectivity index (χ0) is 13.9. The van der Waals surface area contributed by atoms with Crippen LogP contribution in [0.1, 0.15) is 12.8 Å². The molecule has 0 aliphatic carbocycles. The predicted octanol–water partition coefficient (Wildman–Crippen LogP) is 2.28. The summed E-state index contributed by atoms with van der Waals surface area (Å²) in [6, 6.07) is 3.69. The lowest BCUT2D eigenvalue weighted by molar-refractivity contribution is -0.132. The molecule has 3 heterocycles. The molecule has 4 nitrogen and oxygen atoms in total. The lowest BCUT2D eigenvalue weighted by Crippen LogP contribution is -2.48. The quantitative estimate of drug-likeness (QED) is 0.839. The average molecular weight is 312 g/mol. The summed E-state index contributed by atoms with van der Waals surface area (Å²) in [5.41, 5.74) is 0. The van der Waals surface area contributed by atoms with Crippen LogP contribution in [0.4, 0.5) is 5.82 Å². The van der Waals surface area contributed by atoms with Gasteiger partial charge in [0.05, 0.1) is 5.02 Å². The lowest BCUT2D eigenvalue weighted by Gasteiger charge is -2.32. The summed E-state index contributed by atoms with van der Waals surface area (Å²) in [6.45, 7) is 2.65. The molecule has 0 N–H and O–H groups in total. The Morgan fingerprint density at radius 1 is 1.30 bits per heavy atom. The second kappa shape index (κ2) is 6.22. The van der Waals surface area contributed by atoms with Gasteiger partial charge in [-0.05, 0) is 25.0 Å². The number of thioether (sulfide) groups is 1. The van der Waals surface area contributed by atoms with E-state index < -0.39 is 0 Å². The van der Waals surface area contributed by atoms with Crippen molar-refractivity contribution < 1.29 is 4.79 Å². The van der Waals surface area contributed by atoms with E-state index in [0.29, 0.717) is 5.02 Å². The van der Waals surface area contributed by atoms with Crippen LogP contribution in [-0.4, -0.2) is 53.0 Å². The van der Waals surface area contributed by atoms with Crippen molar-refractivity contribution in [3.05, 3.63) is 23.4 Å². The first-order chi connectivity index (χ1) is 9.75. The topological polar surface area (TPSA) is 36.4 Å². The van der Waals surface area contributed by atoms with Gasteiger partial charge in [-0.1, -0.05) is 11.6 Å². The zero-order valence-corrected chi connectivity index (χ0v) is 12.9. The maximum Gasteiger partial charge on any atom is 0.245 e. The number of carbonyl (C=O) groups is 1. The third-order valence-electron chi connectivity index (χ3n) is 3.87. The summed E-state index contributed by atoms with van der Waals surface area (Å²) in [6.07, 6.45) is 3.62. The van der Waals surface area contributed by atoms with Gasteiger partial charge in [-0.3, -0.25) is 4.79 Å². The van der Waals surface area contributed by atoms with Gasteiger partial charge in [-0.15, -0.1) is 0 Å². The largest absolute Gasteiger partial charge is 0.345 e. The fourth-order valence-corrected chi connectivity index (χ4v) is 3.84. The molecular weight excluding hydrogens is 294 g/mol. The normalized spacial score (nSPS) is 23.1. The van der Waals surface area contributed by atoms with Gasteiger partial charge in [0.15, 0.2) is 0 Å². The molecule has 0 bridgehead atoms. The fourth-order valence-electron chi connectivity index (χ4n) is 2.83. The van der Waals surface area contributed by atoms with Gasteiger partial charge in [0.2, 0.25) is 5.91 Å². The lowest BCUT2D eigenvalue weighted by atomic mass is 10.2. The Morgan fingerprint density at radius 3 is 2.80 bits per heavy atom. The maximum atomic E-state index is 12.7. The number of aromatic nitrogens is 1. The molecule has 1 aromatic heterocycles. The number of halogens is 1. The van der Waals surface area contributed by atoms with Crippen molar-refractivity contribution in [2.75, 3.05) is 36.0 Å². The summed E-state index contributed by atoms with van der Waals surface area (Å²) in [7, 11) is 0. The van der Waals surface area contributed by atoms with E-state index in [0.717, 1.165) is 49.8 Å². The first-order valence-electron chi connectivity index (χ1n) is 7.00. The van der Waals surface area contributed by atoms with Gasteiger partial charge in [0.25, 0.3) is 0 Å². The molecular formula is C14H18ClN3OS. The van der Waals surface area contributed by atoms with Crippen LogP contribution >= 0.6 is 23.4 Å². The van der Waals surface area contributed by atoms with E-state index in [2.05, 4.69) is 9.88 Å². The van der Waals surface area contributed by atoms with Gasteiger partial charge in [0.1, 0.15) is 11.9 Å².